The fourth-order valence-electron chi connectivity index (χ4n) is 2.48. The Hall–Kier alpha value is -2.15. The summed E-state index contributed by atoms with van der Waals surface area (Å²) >= 11 is 3.31. The Bertz CT molecular complexity index is 706. The van der Waals surface area contributed by atoms with Crippen LogP contribution in [0.5, 0.6) is 0 Å². The van der Waals surface area contributed by atoms with E-state index in [1.54, 1.807) is 38.1 Å². The largest absolute Gasteiger partial charge is 0.466 e. The molecule has 7 heteroatoms. The molecule has 0 N–H and O–H groups in total. The van der Waals surface area contributed by atoms with Gasteiger partial charge in [0.2, 0.25) is 5.91 Å². The molecule has 1 aromatic carbocycles. The molecule has 0 aliphatic carbocycles. The van der Waals surface area contributed by atoms with Crippen LogP contribution < -0.4 is 4.90 Å². The first kappa shape index (κ1) is 17.2. The van der Waals surface area contributed by atoms with Crippen LogP contribution in [0.1, 0.15) is 13.8 Å². The summed E-state index contributed by atoms with van der Waals surface area (Å²) in [5.74, 6) is -1.91. The Balaban J connectivity index is 2.71. The molecule has 1 aromatic rings. The first-order chi connectivity index (χ1) is 10.8. The predicted octanol–water partition coefficient (Wildman–Crippen LogP) is 2.42. The van der Waals surface area contributed by atoms with Crippen LogP contribution in [0.15, 0.2) is 40.0 Å². The van der Waals surface area contributed by atoms with Gasteiger partial charge in [-0.1, -0.05) is 15.9 Å². The minimum Gasteiger partial charge on any atom is -0.466 e. The van der Waals surface area contributed by atoms with Crippen molar-refractivity contribution in [2.45, 2.75) is 13.8 Å². The SMILES string of the molecule is COC(=O)C1=C(C(=O)OC)C(C)(C)C(=O)N1c1ccc(Br)cc1. The van der Waals surface area contributed by atoms with E-state index >= 15 is 0 Å². The molecule has 1 aliphatic heterocycles. The maximum Gasteiger partial charge on any atom is 0.355 e. The van der Waals surface area contributed by atoms with Crippen LogP contribution in [-0.4, -0.2) is 32.1 Å². The third-order valence-electron chi connectivity index (χ3n) is 3.68. The quantitative estimate of drug-likeness (QED) is 0.751. The predicted molar refractivity (Wildman–Crippen MR) is 86.5 cm³/mol. The summed E-state index contributed by atoms with van der Waals surface area (Å²) in [6.45, 7) is 3.15. The van der Waals surface area contributed by atoms with Gasteiger partial charge in [0.05, 0.1) is 25.2 Å². The lowest BCUT2D eigenvalue weighted by Gasteiger charge is -2.22. The van der Waals surface area contributed by atoms with E-state index in [9.17, 15) is 14.4 Å². The Morgan fingerprint density at radius 1 is 1.04 bits per heavy atom. The van der Waals surface area contributed by atoms with Crippen molar-refractivity contribution in [2.75, 3.05) is 19.1 Å². The molecule has 1 aliphatic rings. The third-order valence-corrected chi connectivity index (χ3v) is 4.20. The number of carbonyl (C=O) groups is 3. The van der Waals surface area contributed by atoms with Gasteiger partial charge in [0.25, 0.3) is 0 Å². The van der Waals surface area contributed by atoms with Gasteiger partial charge in [0.15, 0.2) is 0 Å². The van der Waals surface area contributed by atoms with Crippen LogP contribution in [0.3, 0.4) is 0 Å². The van der Waals surface area contributed by atoms with Crippen LogP contribution in [-0.2, 0) is 23.9 Å². The second kappa shape index (κ2) is 6.16. The lowest BCUT2D eigenvalue weighted by molar-refractivity contribution is -0.140. The average molecular weight is 382 g/mol. The number of nitrogens with zero attached hydrogens (tertiary/aromatic N) is 1. The van der Waals surface area contributed by atoms with E-state index in [-0.39, 0.29) is 11.3 Å². The first-order valence-corrected chi connectivity index (χ1v) is 7.56. The summed E-state index contributed by atoms with van der Waals surface area (Å²) in [4.78, 5) is 38.4. The fraction of sp³-hybridized carbons (Fsp3) is 0.312. The molecule has 1 heterocycles. The number of benzene rings is 1. The van der Waals surface area contributed by atoms with E-state index in [2.05, 4.69) is 15.9 Å². The van der Waals surface area contributed by atoms with E-state index in [0.29, 0.717) is 5.69 Å². The van der Waals surface area contributed by atoms with Crippen molar-refractivity contribution in [3.05, 3.63) is 40.0 Å². The fourth-order valence-corrected chi connectivity index (χ4v) is 2.74. The normalized spacial score (nSPS) is 16.6. The molecule has 23 heavy (non-hydrogen) atoms. The molecule has 122 valence electrons. The van der Waals surface area contributed by atoms with Crippen molar-refractivity contribution in [1.29, 1.82) is 0 Å². The summed E-state index contributed by atoms with van der Waals surface area (Å²) in [5, 5.41) is 0. The van der Waals surface area contributed by atoms with Gasteiger partial charge in [-0.05, 0) is 38.1 Å². The summed E-state index contributed by atoms with van der Waals surface area (Å²) in [6.07, 6.45) is 0. The molecule has 0 saturated heterocycles. The highest BCUT2D eigenvalue weighted by Gasteiger charge is 2.52. The van der Waals surface area contributed by atoms with E-state index < -0.39 is 23.3 Å². The molecule has 0 aromatic heterocycles. The topological polar surface area (TPSA) is 72.9 Å². The number of amides is 1. The summed E-state index contributed by atoms with van der Waals surface area (Å²) < 4.78 is 10.3. The highest BCUT2D eigenvalue weighted by Crippen LogP contribution is 2.43. The van der Waals surface area contributed by atoms with Crippen molar-refractivity contribution >= 4 is 39.5 Å². The van der Waals surface area contributed by atoms with Crippen molar-refractivity contribution in [2.24, 2.45) is 5.41 Å². The van der Waals surface area contributed by atoms with Gasteiger partial charge in [0.1, 0.15) is 5.70 Å². The number of halogens is 1. The molecule has 0 spiro atoms. The Kier molecular flexibility index (Phi) is 4.61. The highest BCUT2D eigenvalue weighted by atomic mass is 79.9. The van der Waals surface area contributed by atoms with Crippen LogP contribution in [0.4, 0.5) is 5.69 Å². The van der Waals surface area contributed by atoms with Gasteiger partial charge in [-0.25, -0.2) is 9.59 Å². The standard InChI is InChI=1S/C16H16BrNO5/c1-16(2)11(13(19)22-3)12(14(20)23-4)18(15(16)21)10-7-5-9(17)6-8-10/h5-8H,1-4H3. The molecule has 2 rings (SSSR count). The number of carbonyl (C=O) groups excluding carboxylic acids is 3. The van der Waals surface area contributed by atoms with Crippen molar-refractivity contribution < 1.29 is 23.9 Å². The molecule has 0 saturated carbocycles. The van der Waals surface area contributed by atoms with Crippen LogP contribution in [0, 0.1) is 5.41 Å². The summed E-state index contributed by atoms with van der Waals surface area (Å²) in [7, 11) is 2.40. The molecule has 0 radical (unpaired) electrons. The minimum atomic E-state index is -1.20. The number of rotatable bonds is 3. The first-order valence-electron chi connectivity index (χ1n) is 6.77. The lowest BCUT2D eigenvalue weighted by atomic mass is 9.85. The van der Waals surface area contributed by atoms with Crippen molar-refractivity contribution in [1.82, 2.24) is 0 Å². The summed E-state index contributed by atoms with van der Waals surface area (Å²) in [5.41, 5.74) is -0.869. The molecule has 0 bridgehead atoms. The lowest BCUT2D eigenvalue weighted by Crippen LogP contribution is -2.35. The molecule has 0 fully saturated rings. The third kappa shape index (κ3) is 2.76. The molecule has 0 unspecified atom stereocenters. The van der Waals surface area contributed by atoms with Gasteiger partial charge in [-0.2, -0.15) is 0 Å². The van der Waals surface area contributed by atoms with E-state index in [4.69, 9.17) is 9.47 Å². The average Bonchev–Trinajstić information content (AvgIpc) is 2.74. The molecule has 1 amide bonds. The second-order valence-electron chi connectivity index (χ2n) is 5.45. The Morgan fingerprint density at radius 2 is 1.57 bits per heavy atom. The zero-order valence-corrected chi connectivity index (χ0v) is 14.8. The van der Waals surface area contributed by atoms with Crippen LogP contribution in [0.2, 0.25) is 0 Å². The van der Waals surface area contributed by atoms with Gasteiger partial charge in [-0.3, -0.25) is 9.69 Å². The maximum absolute atomic E-state index is 12.8. The molecular formula is C16H16BrNO5. The van der Waals surface area contributed by atoms with E-state index in [1.165, 1.54) is 19.1 Å². The minimum absolute atomic E-state index is 0.0141. The number of esters is 2. The smallest absolute Gasteiger partial charge is 0.355 e. The molecule has 0 atom stereocenters. The number of ether oxygens (including phenoxy) is 2. The number of hydrogen-bond acceptors (Lipinski definition) is 5. The monoisotopic (exact) mass is 381 g/mol. The van der Waals surface area contributed by atoms with Gasteiger partial charge in [-0.15, -0.1) is 0 Å². The number of anilines is 1. The Morgan fingerprint density at radius 3 is 2.04 bits per heavy atom. The zero-order chi connectivity index (χ0) is 17.4. The van der Waals surface area contributed by atoms with Gasteiger partial charge < -0.3 is 9.47 Å². The molecule has 6 nitrogen and oxygen atoms in total. The van der Waals surface area contributed by atoms with E-state index in [1.807, 2.05) is 0 Å². The van der Waals surface area contributed by atoms with Crippen molar-refractivity contribution in [3.8, 4) is 0 Å². The summed E-state index contributed by atoms with van der Waals surface area (Å²) in [6, 6.07) is 6.81. The highest BCUT2D eigenvalue weighted by molar-refractivity contribution is 9.10. The zero-order valence-electron chi connectivity index (χ0n) is 13.2. The van der Waals surface area contributed by atoms with Gasteiger partial charge in [0, 0.05) is 10.2 Å². The Labute approximate surface area is 142 Å². The van der Waals surface area contributed by atoms with Crippen LogP contribution in [0.25, 0.3) is 0 Å². The van der Waals surface area contributed by atoms with Crippen molar-refractivity contribution in [3.63, 3.8) is 0 Å². The molecular weight excluding hydrogens is 366 g/mol. The second-order valence-corrected chi connectivity index (χ2v) is 6.36. The van der Waals surface area contributed by atoms with Gasteiger partial charge >= 0.3 is 11.9 Å². The number of hydrogen-bond donors (Lipinski definition) is 0. The van der Waals surface area contributed by atoms with Crippen LogP contribution >= 0.6 is 15.9 Å². The maximum atomic E-state index is 12.8. The number of methoxy groups -OCH3 is 2. The van der Waals surface area contributed by atoms with E-state index in [0.717, 1.165) is 4.47 Å².